The maximum absolute atomic E-state index is 13.1. The number of hydrogen-bond donors (Lipinski definition) is 2. The van der Waals surface area contributed by atoms with Crippen LogP contribution in [0.5, 0.6) is 0 Å². The number of H-pyrrole nitrogens is 1. The van der Waals surface area contributed by atoms with Gasteiger partial charge in [-0.25, -0.2) is 4.79 Å². The normalized spacial score (nSPS) is 41.8. The summed E-state index contributed by atoms with van der Waals surface area (Å²) < 4.78 is 0. The molecule has 2 bridgehead atoms. The number of aromatic nitrogens is 1. The van der Waals surface area contributed by atoms with Crippen LogP contribution in [0.25, 0.3) is 0 Å². The Labute approximate surface area is 169 Å². The highest BCUT2D eigenvalue weighted by Gasteiger charge is 2.71. The number of likely N-dealkylation sites (tertiary alicyclic amines) is 1. The lowest BCUT2D eigenvalue weighted by Crippen LogP contribution is -2.49. The summed E-state index contributed by atoms with van der Waals surface area (Å²) in [6, 6.07) is -1.13. The Bertz CT molecular complexity index is 970. The third-order valence-electron chi connectivity index (χ3n) is 7.74. The molecule has 1 aromatic heterocycles. The Kier molecular flexibility index (Phi) is 3.76. The molecular formula is C19H22N2O5S2. The van der Waals surface area contributed by atoms with Crippen molar-refractivity contribution in [3.8, 4) is 0 Å². The molecule has 150 valence electrons. The number of thioether (sulfide) groups is 1. The molecule has 2 amide bonds. The number of carboxylic acid groups (broad SMARTS) is 1. The number of carbonyl (C=O) groups is 3. The number of nitrogens with zero attached hydrogens (tertiary/aromatic N) is 1. The second-order valence-electron chi connectivity index (χ2n) is 8.73. The van der Waals surface area contributed by atoms with Crippen molar-refractivity contribution in [3.05, 3.63) is 14.5 Å². The molecule has 8 atom stereocenters. The van der Waals surface area contributed by atoms with Gasteiger partial charge in [-0.15, -0.1) is 11.8 Å². The monoisotopic (exact) mass is 422 g/mol. The van der Waals surface area contributed by atoms with Crippen molar-refractivity contribution >= 4 is 40.9 Å². The largest absolute Gasteiger partial charge is 0.480 e. The van der Waals surface area contributed by atoms with Crippen molar-refractivity contribution in [1.82, 2.24) is 9.88 Å². The smallest absolute Gasteiger partial charge is 0.326 e. The second kappa shape index (κ2) is 5.72. The zero-order valence-electron chi connectivity index (χ0n) is 15.8. The molecule has 7 nitrogen and oxygen atoms in total. The number of nitrogens with one attached hydrogen (secondary N) is 1. The fraction of sp³-hybridized carbons (Fsp3) is 0.684. The van der Waals surface area contributed by atoms with E-state index in [1.165, 1.54) is 18.3 Å². The first-order valence-corrected chi connectivity index (χ1v) is 11.4. The molecule has 4 aliphatic rings. The van der Waals surface area contributed by atoms with Crippen molar-refractivity contribution in [3.63, 3.8) is 0 Å². The number of thiazole rings is 1. The minimum absolute atomic E-state index is 0.0508. The van der Waals surface area contributed by atoms with E-state index in [4.69, 9.17) is 0 Å². The lowest BCUT2D eigenvalue weighted by Gasteiger charge is -2.48. The maximum atomic E-state index is 13.1. The van der Waals surface area contributed by atoms with E-state index in [9.17, 15) is 24.3 Å². The number of imide groups is 1. The van der Waals surface area contributed by atoms with Crippen LogP contribution in [0.2, 0.25) is 0 Å². The molecule has 3 fully saturated rings. The molecule has 0 spiro atoms. The van der Waals surface area contributed by atoms with Crippen molar-refractivity contribution in [2.24, 2.45) is 29.6 Å². The minimum Gasteiger partial charge on any atom is -0.480 e. The molecule has 1 saturated heterocycles. The molecule has 0 unspecified atom stereocenters. The van der Waals surface area contributed by atoms with Crippen LogP contribution in [0, 0.1) is 29.6 Å². The molecule has 5 rings (SSSR count). The van der Waals surface area contributed by atoms with Gasteiger partial charge in [-0.3, -0.25) is 19.3 Å². The van der Waals surface area contributed by atoms with E-state index < -0.39 is 23.8 Å². The van der Waals surface area contributed by atoms with Gasteiger partial charge in [0.1, 0.15) is 6.04 Å². The molecule has 28 heavy (non-hydrogen) atoms. The van der Waals surface area contributed by atoms with E-state index >= 15 is 0 Å². The van der Waals surface area contributed by atoms with Gasteiger partial charge in [-0.1, -0.05) is 25.2 Å². The zero-order valence-corrected chi connectivity index (χ0v) is 17.4. The number of carboxylic acids is 1. The zero-order chi connectivity index (χ0) is 20.1. The van der Waals surface area contributed by atoms with Crippen LogP contribution >= 0.6 is 23.1 Å². The molecule has 3 heterocycles. The summed E-state index contributed by atoms with van der Waals surface area (Å²) in [4.78, 5) is 54.6. The molecule has 2 saturated carbocycles. The summed E-state index contributed by atoms with van der Waals surface area (Å²) in [7, 11) is 0. The van der Waals surface area contributed by atoms with Crippen molar-refractivity contribution in [2.75, 3.05) is 0 Å². The Balaban J connectivity index is 1.59. The lowest BCUT2D eigenvalue weighted by molar-refractivity contribution is -0.154. The summed E-state index contributed by atoms with van der Waals surface area (Å²) in [5, 5.41) is 10.4. The van der Waals surface area contributed by atoms with Crippen LogP contribution in [0.15, 0.2) is 9.82 Å². The molecule has 9 heteroatoms. The first-order valence-electron chi connectivity index (χ1n) is 9.70. The minimum atomic E-state index is -1.15. The van der Waals surface area contributed by atoms with Gasteiger partial charge < -0.3 is 10.1 Å². The third kappa shape index (κ3) is 2.01. The van der Waals surface area contributed by atoms with E-state index in [1.807, 2.05) is 0 Å². The number of rotatable bonds is 3. The van der Waals surface area contributed by atoms with E-state index in [1.54, 1.807) is 11.8 Å². The second-order valence-corrected chi connectivity index (χ2v) is 10.9. The first kappa shape index (κ1) is 18.4. The van der Waals surface area contributed by atoms with Crippen molar-refractivity contribution < 1.29 is 19.5 Å². The van der Waals surface area contributed by atoms with Gasteiger partial charge in [0, 0.05) is 15.5 Å². The van der Waals surface area contributed by atoms with Crippen LogP contribution in [-0.2, 0) is 19.8 Å². The lowest BCUT2D eigenvalue weighted by atomic mass is 9.62. The number of amides is 2. The average molecular weight is 423 g/mol. The fourth-order valence-corrected chi connectivity index (χ4v) is 9.60. The number of hydrogen-bond acceptors (Lipinski definition) is 6. The average Bonchev–Trinajstić information content (AvgIpc) is 3.36. The van der Waals surface area contributed by atoms with Gasteiger partial charge in [0.2, 0.25) is 11.8 Å². The molecule has 1 aromatic rings. The number of aliphatic carboxylic acids is 1. The summed E-state index contributed by atoms with van der Waals surface area (Å²) >= 11 is 2.92. The van der Waals surface area contributed by atoms with E-state index in [0.29, 0.717) is 0 Å². The van der Waals surface area contributed by atoms with Crippen LogP contribution < -0.4 is 4.87 Å². The summed E-state index contributed by atoms with van der Waals surface area (Å²) in [6.45, 7) is 5.70. The van der Waals surface area contributed by atoms with Crippen LogP contribution in [0.3, 0.4) is 0 Å². The van der Waals surface area contributed by atoms with Gasteiger partial charge in [0.15, 0.2) is 0 Å². The summed E-state index contributed by atoms with van der Waals surface area (Å²) in [6.07, 6.45) is 1.69. The molecule has 2 aliphatic heterocycles. The Morgan fingerprint density at radius 2 is 1.93 bits per heavy atom. The Hall–Kier alpha value is -1.61. The molecule has 0 radical (unpaired) electrons. The van der Waals surface area contributed by atoms with Crippen LogP contribution in [-0.4, -0.2) is 44.1 Å². The molecule has 0 aromatic carbocycles. The van der Waals surface area contributed by atoms with Crippen molar-refractivity contribution in [2.45, 2.75) is 55.3 Å². The summed E-state index contributed by atoms with van der Waals surface area (Å²) in [5.41, 5.74) is -0.214. The van der Waals surface area contributed by atoms with E-state index in [2.05, 4.69) is 18.8 Å². The number of carbonyl (C=O) groups excluding carboxylic acids is 2. The predicted octanol–water partition coefficient (Wildman–Crippen LogP) is 1.92. The topological polar surface area (TPSA) is 108 Å². The van der Waals surface area contributed by atoms with Crippen LogP contribution in [0.4, 0.5) is 0 Å². The fourth-order valence-electron chi connectivity index (χ4n) is 6.41. The number of fused-ring (bicyclic) bond motifs is 9. The quantitative estimate of drug-likeness (QED) is 0.721. The van der Waals surface area contributed by atoms with Gasteiger partial charge in [-0.05, 0) is 37.5 Å². The SMILES string of the molecule is CC[C@]1(C)c2sc(=O)[nH]c2S[C@@H]2[C@H]3C[C@@H]([C@@H]4C(=O)N([C@H](C)C(=O)O)C(=O)[C@H]34)[C@H]21. The predicted molar refractivity (Wildman–Crippen MR) is 103 cm³/mol. The third-order valence-corrected chi connectivity index (χ3v) is 10.5. The standard InChI is InChI=1S/C19H22N2O5S2/c1-4-19(3)11-7-5-8(12(11)27-14-13(19)28-18(26)20-14)10-9(7)15(22)21(16(10)23)6(2)17(24)25/h6-12H,4-5H2,1-3H3,(H,20,26)(H,24,25)/t6-,7+,8+,9+,10-,11-,12-,19+/m1/s1. The summed E-state index contributed by atoms with van der Waals surface area (Å²) in [5.74, 6) is -2.29. The van der Waals surface area contributed by atoms with E-state index in [-0.39, 0.29) is 45.1 Å². The highest BCUT2D eigenvalue weighted by Crippen LogP contribution is 2.69. The van der Waals surface area contributed by atoms with Gasteiger partial charge in [-0.2, -0.15) is 0 Å². The maximum Gasteiger partial charge on any atom is 0.326 e. The van der Waals surface area contributed by atoms with E-state index in [0.717, 1.165) is 27.6 Å². The van der Waals surface area contributed by atoms with Gasteiger partial charge in [0.05, 0.1) is 16.9 Å². The highest BCUT2D eigenvalue weighted by atomic mass is 32.2. The number of aromatic amines is 1. The molecule has 2 aliphatic carbocycles. The highest BCUT2D eigenvalue weighted by molar-refractivity contribution is 8.00. The molecule has 2 N–H and O–H groups in total. The van der Waals surface area contributed by atoms with Crippen molar-refractivity contribution in [1.29, 1.82) is 0 Å². The Morgan fingerprint density at radius 1 is 1.29 bits per heavy atom. The molecular weight excluding hydrogens is 400 g/mol. The van der Waals surface area contributed by atoms with Gasteiger partial charge >= 0.3 is 10.8 Å². The Morgan fingerprint density at radius 3 is 2.54 bits per heavy atom. The van der Waals surface area contributed by atoms with Gasteiger partial charge in [0.25, 0.3) is 0 Å². The first-order chi connectivity index (χ1) is 13.2. The van der Waals surface area contributed by atoms with Crippen LogP contribution in [0.1, 0.15) is 38.5 Å².